The fourth-order valence-electron chi connectivity index (χ4n) is 3.50. The van der Waals surface area contributed by atoms with E-state index in [1.807, 2.05) is 25.1 Å². The Kier molecular flexibility index (Phi) is 6.29. The topological polar surface area (TPSA) is 67.8 Å². The van der Waals surface area contributed by atoms with Crippen LogP contribution in [0.3, 0.4) is 0 Å². The molecule has 5 nitrogen and oxygen atoms in total. The highest BCUT2D eigenvalue weighted by Crippen LogP contribution is 2.43. The van der Waals surface area contributed by atoms with Gasteiger partial charge in [-0.2, -0.15) is 0 Å². The summed E-state index contributed by atoms with van der Waals surface area (Å²) >= 11 is 1.70. The molecule has 2 heterocycles. The molecule has 0 unspecified atom stereocenters. The zero-order chi connectivity index (χ0) is 18.5. The second-order valence-electron chi connectivity index (χ2n) is 6.29. The first-order chi connectivity index (χ1) is 12.7. The van der Waals surface area contributed by atoms with E-state index in [0.717, 1.165) is 6.42 Å². The standard InChI is InChI=1S/C20H25NO4S/c1-3-24-20-14(8-6-10-22)15(11-17(25-20)19(23)21-2)16-12-26-18-9-5-4-7-13(16)18/h4-5,7,9,11-12,14-15,20,22H,3,6,8,10H2,1-2H3,(H,21,23)/t14-,15+,20-/m0/s1. The van der Waals surface area contributed by atoms with Crippen LogP contribution >= 0.6 is 11.3 Å². The molecule has 1 amide bonds. The highest BCUT2D eigenvalue weighted by Gasteiger charge is 2.38. The summed E-state index contributed by atoms with van der Waals surface area (Å²) in [5, 5.41) is 15.3. The summed E-state index contributed by atoms with van der Waals surface area (Å²) in [5.74, 6) is 0.0788. The van der Waals surface area contributed by atoms with E-state index >= 15 is 0 Å². The Balaban J connectivity index is 2.06. The molecule has 0 bridgehead atoms. The zero-order valence-corrected chi connectivity index (χ0v) is 15.9. The Bertz CT molecular complexity index is 785. The van der Waals surface area contributed by atoms with E-state index in [4.69, 9.17) is 9.47 Å². The number of hydrogen-bond donors (Lipinski definition) is 2. The number of ether oxygens (including phenoxy) is 2. The van der Waals surface area contributed by atoms with Crippen LogP contribution in [0.5, 0.6) is 0 Å². The smallest absolute Gasteiger partial charge is 0.285 e. The predicted molar refractivity (Wildman–Crippen MR) is 103 cm³/mol. The first kappa shape index (κ1) is 18.9. The first-order valence-electron chi connectivity index (χ1n) is 8.98. The van der Waals surface area contributed by atoms with Gasteiger partial charge in [0.1, 0.15) is 0 Å². The van der Waals surface area contributed by atoms with Crippen LogP contribution in [0.15, 0.2) is 41.5 Å². The fourth-order valence-corrected chi connectivity index (χ4v) is 4.51. The van der Waals surface area contributed by atoms with Gasteiger partial charge in [-0.25, -0.2) is 0 Å². The summed E-state index contributed by atoms with van der Waals surface area (Å²) in [6.45, 7) is 2.54. The fraction of sp³-hybridized carbons (Fsp3) is 0.450. The van der Waals surface area contributed by atoms with Gasteiger partial charge in [0.2, 0.25) is 6.29 Å². The van der Waals surface area contributed by atoms with Crippen LogP contribution in [0, 0.1) is 5.92 Å². The van der Waals surface area contributed by atoms with Crippen LogP contribution in [0.1, 0.15) is 31.2 Å². The monoisotopic (exact) mass is 375 g/mol. The molecule has 0 saturated heterocycles. The molecule has 2 aromatic rings. The van der Waals surface area contributed by atoms with E-state index in [2.05, 4.69) is 22.8 Å². The van der Waals surface area contributed by atoms with Crippen molar-refractivity contribution in [3.8, 4) is 0 Å². The number of benzene rings is 1. The van der Waals surface area contributed by atoms with Crippen molar-refractivity contribution in [2.24, 2.45) is 5.92 Å². The molecule has 26 heavy (non-hydrogen) atoms. The van der Waals surface area contributed by atoms with Crippen molar-refractivity contribution in [1.82, 2.24) is 5.32 Å². The molecule has 140 valence electrons. The maximum absolute atomic E-state index is 12.2. The van der Waals surface area contributed by atoms with E-state index in [0.29, 0.717) is 18.8 Å². The SMILES string of the molecule is CCO[C@H]1OC(C(=O)NC)=C[C@@H](c2csc3ccccc23)[C@@H]1CCCO. The van der Waals surface area contributed by atoms with Gasteiger partial charge in [0.15, 0.2) is 5.76 Å². The molecule has 1 aliphatic heterocycles. The summed E-state index contributed by atoms with van der Waals surface area (Å²) in [5.41, 5.74) is 1.18. The summed E-state index contributed by atoms with van der Waals surface area (Å²) in [6, 6.07) is 8.28. The molecule has 3 atom stereocenters. The van der Waals surface area contributed by atoms with Crippen molar-refractivity contribution in [3.05, 3.63) is 47.0 Å². The summed E-state index contributed by atoms with van der Waals surface area (Å²) < 4.78 is 12.9. The number of carbonyl (C=O) groups is 1. The Labute approximate surface area is 157 Å². The van der Waals surface area contributed by atoms with Gasteiger partial charge in [0.25, 0.3) is 5.91 Å². The Hall–Kier alpha value is -1.89. The van der Waals surface area contributed by atoms with Gasteiger partial charge in [-0.1, -0.05) is 18.2 Å². The lowest BCUT2D eigenvalue weighted by atomic mass is 9.80. The van der Waals surface area contributed by atoms with Crippen LogP contribution in [0.4, 0.5) is 0 Å². The molecule has 1 aromatic heterocycles. The average Bonchev–Trinajstić information content (AvgIpc) is 3.10. The maximum Gasteiger partial charge on any atom is 0.285 e. The Morgan fingerprint density at radius 3 is 2.92 bits per heavy atom. The van der Waals surface area contributed by atoms with Crippen LogP contribution in [-0.2, 0) is 14.3 Å². The maximum atomic E-state index is 12.2. The number of aliphatic hydroxyl groups is 1. The van der Waals surface area contributed by atoms with Crippen molar-refractivity contribution in [2.45, 2.75) is 32.0 Å². The molecule has 0 fully saturated rings. The lowest BCUT2D eigenvalue weighted by Gasteiger charge is -2.36. The van der Waals surface area contributed by atoms with E-state index in [-0.39, 0.29) is 24.3 Å². The number of likely N-dealkylation sites (N-methyl/N-ethyl adjacent to an activating group) is 1. The largest absolute Gasteiger partial charge is 0.459 e. The number of nitrogens with one attached hydrogen (secondary N) is 1. The van der Waals surface area contributed by atoms with Crippen LogP contribution in [-0.4, -0.2) is 37.6 Å². The van der Waals surface area contributed by atoms with Crippen molar-refractivity contribution in [3.63, 3.8) is 0 Å². The molecular weight excluding hydrogens is 350 g/mol. The molecular formula is C20H25NO4S. The lowest BCUT2D eigenvalue weighted by molar-refractivity contribution is -0.166. The Morgan fingerprint density at radius 1 is 1.38 bits per heavy atom. The minimum absolute atomic E-state index is 0.00435. The molecule has 2 N–H and O–H groups in total. The Morgan fingerprint density at radius 2 is 2.19 bits per heavy atom. The lowest BCUT2D eigenvalue weighted by Crippen LogP contribution is -2.38. The number of allylic oxidation sites excluding steroid dienone is 1. The number of amides is 1. The van der Waals surface area contributed by atoms with Gasteiger partial charge < -0.3 is 19.9 Å². The van der Waals surface area contributed by atoms with Crippen LogP contribution in [0.25, 0.3) is 10.1 Å². The first-order valence-corrected chi connectivity index (χ1v) is 9.86. The molecule has 0 aliphatic carbocycles. The molecule has 0 radical (unpaired) electrons. The number of rotatable bonds is 7. The van der Waals surface area contributed by atoms with Crippen molar-refractivity contribution < 1.29 is 19.4 Å². The van der Waals surface area contributed by atoms with Gasteiger partial charge in [-0.05, 0) is 48.2 Å². The van der Waals surface area contributed by atoms with Gasteiger partial charge >= 0.3 is 0 Å². The summed E-state index contributed by atoms with van der Waals surface area (Å²) in [7, 11) is 1.59. The minimum Gasteiger partial charge on any atom is -0.459 e. The van der Waals surface area contributed by atoms with E-state index in [1.54, 1.807) is 18.4 Å². The van der Waals surface area contributed by atoms with Crippen LogP contribution < -0.4 is 5.32 Å². The third kappa shape index (κ3) is 3.77. The number of thiophene rings is 1. The average molecular weight is 375 g/mol. The van der Waals surface area contributed by atoms with E-state index in [1.165, 1.54) is 15.6 Å². The quantitative estimate of drug-likeness (QED) is 0.778. The van der Waals surface area contributed by atoms with Gasteiger partial charge in [-0.3, -0.25) is 4.79 Å². The number of aliphatic hydroxyl groups excluding tert-OH is 1. The molecule has 3 rings (SSSR count). The van der Waals surface area contributed by atoms with Crippen molar-refractivity contribution >= 4 is 27.3 Å². The normalized spacial score (nSPS) is 22.7. The highest BCUT2D eigenvalue weighted by atomic mass is 32.1. The molecule has 1 aromatic carbocycles. The number of fused-ring (bicyclic) bond motifs is 1. The highest BCUT2D eigenvalue weighted by molar-refractivity contribution is 7.17. The van der Waals surface area contributed by atoms with Gasteiger partial charge in [0, 0.05) is 36.8 Å². The van der Waals surface area contributed by atoms with Crippen LogP contribution in [0.2, 0.25) is 0 Å². The number of hydrogen-bond acceptors (Lipinski definition) is 5. The second-order valence-corrected chi connectivity index (χ2v) is 7.21. The summed E-state index contributed by atoms with van der Waals surface area (Å²) in [6.07, 6.45) is 2.82. The minimum atomic E-state index is -0.507. The van der Waals surface area contributed by atoms with Gasteiger partial charge in [0.05, 0.1) is 0 Å². The molecule has 0 saturated carbocycles. The third-order valence-corrected chi connectivity index (χ3v) is 5.71. The van der Waals surface area contributed by atoms with Crippen molar-refractivity contribution in [1.29, 1.82) is 0 Å². The zero-order valence-electron chi connectivity index (χ0n) is 15.1. The molecule has 6 heteroatoms. The van der Waals surface area contributed by atoms with E-state index in [9.17, 15) is 9.90 Å². The third-order valence-electron chi connectivity index (χ3n) is 4.73. The summed E-state index contributed by atoms with van der Waals surface area (Å²) in [4.78, 5) is 12.2. The van der Waals surface area contributed by atoms with E-state index < -0.39 is 6.29 Å². The van der Waals surface area contributed by atoms with Gasteiger partial charge in [-0.15, -0.1) is 11.3 Å². The molecule has 0 spiro atoms. The predicted octanol–water partition coefficient (Wildman–Crippen LogP) is 3.40. The number of carbonyl (C=O) groups excluding carboxylic acids is 1. The molecule has 1 aliphatic rings. The van der Waals surface area contributed by atoms with Crippen molar-refractivity contribution in [2.75, 3.05) is 20.3 Å². The second kappa shape index (κ2) is 8.66.